The molecule has 0 saturated carbocycles. The Bertz CT molecular complexity index is 670. The van der Waals surface area contributed by atoms with Crippen LogP contribution in [0.2, 0.25) is 0 Å². The quantitative estimate of drug-likeness (QED) is 0.934. The fourth-order valence-electron chi connectivity index (χ4n) is 1.39. The molecule has 0 radical (unpaired) electrons. The van der Waals surface area contributed by atoms with E-state index in [0.29, 0.717) is 5.13 Å². The number of anilines is 1. The van der Waals surface area contributed by atoms with E-state index in [-0.39, 0.29) is 5.91 Å². The molecule has 0 atom stereocenters. The number of benzene rings is 1. The average molecular weight is 275 g/mol. The van der Waals surface area contributed by atoms with Crippen molar-refractivity contribution in [1.82, 2.24) is 4.98 Å². The normalized spacial score (nSPS) is 11.1. The van der Waals surface area contributed by atoms with Gasteiger partial charge in [-0.25, -0.2) is 4.98 Å². The first kappa shape index (κ1) is 13.3. The summed E-state index contributed by atoms with van der Waals surface area (Å²) >= 11 is 1.35. The van der Waals surface area contributed by atoms with Gasteiger partial charge in [0.05, 0.1) is 23.4 Å². The molecule has 0 fully saturated rings. The summed E-state index contributed by atoms with van der Waals surface area (Å²) in [6.45, 7) is 3.14. The lowest BCUT2D eigenvalue weighted by molar-refractivity contribution is -0.121. The van der Waals surface area contributed by atoms with E-state index in [9.17, 15) is 4.79 Å². The van der Waals surface area contributed by atoms with Crippen molar-refractivity contribution in [2.45, 2.75) is 13.8 Å². The first-order valence-electron chi connectivity index (χ1n) is 5.63. The number of hydrogen-bond donors (Lipinski definition) is 1. The molecule has 1 N–H and O–H groups in total. The maximum atomic E-state index is 11.9. The standard InChI is InChI=1S/C13H13N3O2S/c1-13(2,7-14)11(17)16-12-15-9-5-4-8(18-3)6-10(9)19-12/h4-6H,1-3H3,(H,15,16,17). The smallest absolute Gasteiger partial charge is 0.246 e. The number of methoxy groups -OCH3 is 1. The van der Waals surface area contributed by atoms with E-state index in [1.165, 1.54) is 11.3 Å². The van der Waals surface area contributed by atoms with E-state index in [4.69, 9.17) is 10.00 Å². The highest BCUT2D eigenvalue weighted by Gasteiger charge is 2.28. The van der Waals surface area contributed by atoms with Gasteiger partial charge < -0.3 is 10.1 Å². The molecule has 1 aromatic carbocycles. The minimum atomic E-state index is -1.07. The maximum absolute atomic E-state index is 11.9. The Morgan fingerprint density at radius 2 is 2.26 bits per heavy atom. The minimum Gasteiger partial charge on any atom is -0.497 e. The minimum absolute atomic E-state index is 0.360. The van der Waals surface area contributed by atoms with E-state index in [1.807, 2.05) is 24.3 Å². The van der Waals surface area contributed by atoms with E-state index < -0.39 is 5.41 Å². The molecule has 0 spiro atoms. The van der Waals surface area contributed by atoms with Gasteiger partial charge >= 0.3 is 0 Å². The molecule has 1 amide bonds. The van der Waals surface area contributed by atoms with Crippen molar-refractivity contribution in [3.05, 3.63) is 18.2 Å². The molecular formula is C13H13N3O2S. The zero-order valence-corrected chi connectivity index (χ0v) is 11.7. The maximum Gasteiger partial charge on any atom is 0.246 e. The second kappa shape index (κ2) is 4.86. The van der Waals surface area contributed by atoms with E-state index >= 15 is 0 Å². The molecule has 1 aromatic heterocycles. The molecule has 5 nitrogen and oxygen atoms in total. The van der Waals surface area contributed by atoms with Crippen molar-refractivity contribution in [3.63, 3.8) is 0 Å². The molecule has 0 bridgehead atoms. The van der Waals surface area contributed by atoms with Gasteiger partial charge in [-0.3, -0.25) is 4.79 Å². The summed E-state index contributed by atoms with van der Waals surface area (Å²) in [5.74, 6) is 0.382. The van der Waals surface area contributed by atoms with E-state index in [0.717, 1.165) is 16.0 Å². The van der Waals surface area contributed by atoms with Crippen LogP contribution in [0.15, 0.2) is 18.2 Å². The molecule has 0 aliphatic carbocycles. The van der Waals surface area contributed by atoms with E-state index in [2.05, 4.69) is 10.3 Å². The van der Waals surface area contributed by atoms with Crippen molar-refractivity contribution >= 4 is 32.6 Å². The molecule has 98 valence electrons. The molecule has 6 heteroatoms. The summed E-state index contributed by atoms with van der Waals surface area (Å²) in [5, 5.41) is 12.1. The van der Waals surface area contributed by atoms with Gasteiger partial charge in [0.25, 0.3) is 0 Å². The van der Waals surface area contributed by atoms with Crippen LogP contribution in [0.4, 0.5) is 5.13 Å². The SMILES string of the molecule is COc1ccc2nc(NC(=O)C(C)(C)C#N)sc2c1. The summed E-state index contributed by atoms with van der Waals surface area (Å²) < 4.78 is 6.05. The molecule has 1 heterocycles. The molecule has 0 saturated heterocycles. The van der Waals surface area contributed by atoms with Crippen LogP contribution in [0.5, 0.6) is 5.75 Å². The number of rotatable bonds is 3. The second-order valence-corrected chi connectivity index (χ2v) is 5.57. The number of nitrogens with one attached hydrogen (secondary N) is 1. The number of nitrogens with zero attached hydrogens (tertiary/aromatic N) is 2. The number of amides is 1. The third kappa shape index (κ3) is 2.66. The van der Waals surface area contributed by atoms with Crippen molar-refractivity contribution in [1.29, 1.82) is 5.26 Å². The Hall–Kier alpha value is -2.13. The zero-order valence-electron chi connectivity index (χ0n) is 10.9. The number of fused-ring (bicyclic) bond motifs is 1. The van der Waals surface area contributed by atoms with Gasteiger partial charge in [0.2, 0.25) is 5.91 Å². The van der Waals surface area contributed by atoms with E-state index in [1.54, 1.807) is 21.0 Å². The number of carbonyl (C=O) groups is 1. The van der Waals surface area contributed by atoms with Crippen molar-refractivity contribution in [2.75, 3.05) is 12.4 Å². The number of hydrogen-bond acceptors (Lipinski definition) is 5. The zero-order chi connectivity index (χ0) is 14.0. The number of aromatic nitrogens is 1. The van der Waals surface area contributed by atoms with Gasteiger partial charge in [0.15, 0.2) is 5.13 Å². The summed E-state index contributed by atoms with van der Waals surface area (Å²) in [6.07, 6.45) is 0. The number of ether oxygens (including phenoxy) is 1. The van der Waals surface area contributed by atoms with Gasteiger partial charge in [-0.1, -0.05) is 11.3 Å². The first-order valence-corrected chi connectivity index (χ1v) is 6.45. The van der Waals surface area contributed by atoms with Crippen LogP contribution >= 0.6 is 11.3 Å². The predicted octanol–water partition coefficient (Wildman–Crippen LogP) is 2.79. The Labute approximate surface area is 114 Å². The van der Waals surface area contributed by atoms with Crippen LogP contribution in [-0.4, -0.2) is 18.0 Å². The van der Waals surface area contributed by atoms with Crippen molar-refractivity contribution < 1.29 is 9.53 Å². The fourth-order valence-corrected chi connectivity index (χ4v) is 2.28. The summed E-state index contributed by atoms with van der Waals surface area (Å²) in [6, 6.07) is 7.46. The first-order chi connectivity index (χ1) is 8.96. The number of carbonyl (C=O) groups excluding carboxylic acids is 1. The highest BCUT2D eigenvalue weighted by molar-refractivity contribution is 7.22. The summed E-state index contributed by atoms with van der Waals surface area (Å²) in [4.78, 5) is 16.2. The Balaban J connectivity index is 2.28. The predicted molar refractivity (Wildman–Crippen MR) is 74.2 cm³/mol. The monoisotopic (exact) mass is 275 g/mol. The number of nitriles is 1. The lowest BCUT2D eigenvalue weighted by Crippen LogP contribution is -2.29. The number of thiazole rings is 1. The van der Waals surface area contributed by atoms with Crippen LogP contribution in [0.25, 0.3) is 10.2 Å². The van der Waals surface area contributed by atoms with Gasteiger partial charge in [-0.15, -0.1) is 0 Å². The summed E-state index contributed by atoms with van der Waals surface area (Å²) in [7, 11) is 1.60. The van der Waals surface area contributed by atoms with Gasteiger partial charge in [0, 0.05) is 0 Å². The average Bonchev–Trinajstić information content (AvgIpc) is 2.79. The molecule has 0 aliphatic rings. The molecule has 2 aromatic rings. The molecule has 0 aliphatic heterocycles. The van der Waals surface area contributed by atoms with Crippen LogP contribution < -0.4 is 10.1 Å². The van der Waals surface area contributed by atoms with Crippen molar-refractivity contribution in [3.8, 4) is 11.8 Å². The third-order valence-electron chi connectivity index (χ3n) is 2.66. The molecule has 19 heavy (non-hydrogen) atoms. The summed E-state index contributed by atoms with van der Waals surface area (Å²) in [5.41, 5.74) is -0.286. The van der Waals surface area contributed by atoms with Crippen LogP contribution in [-0.2, 0) is 4.79 Å². The van der Waals surface area contributed by atoms with Gasteiger partial charge in [0.1, 0.15) is 11.2 Å². The van der Waals surface area contributed by atoms with Gasteiger partial charge in [-0.05, 0) is 32.0 Å². The fraction of sp³-hybridized carbons (Fsp3) is 0.308. The molecular weight excluding hydrogens is 262 g/mol. The lowest BCUT2D eigenvalue weighted by Gasteiger charge is -2.12. The van der Waals surface area contributed by atoms with Crippen LogP contribution in [0.1, 0.15) is 13.8 Å². The van der Waals surface area contributed by atoms with Crippen LogP contribution in [0, 0.1) is 16.7 Å². The molecule has 2 rings (SSSR count). The van der Waals surface area contributed by atoms with Gasteiger partial charge in [-0.2, -0.15) is 5.26 Å². The van der Waals surface area contributed by atoms with Crippen molar-refractivity contribution in [2.24, 2.45) is 5.41 Å². The highest BCUT2D eigenvalue weighted by Crippen LogP contribution is 2.30. The van der Waals surface area contributed by atoms with Crippen LogP contribution in [0.3, 0.4) is 0 Å². The topological polar surface area (TPSA) is 75.0 Å². The second-order valence-electron chi connectivity index (χ2n) is 4.54. The molecule has 0 unspecified atom stereocenters. The largest absolute Gasteiger partial charge is 0.497 e. The lowest BCUT2D eigenvalue weighted by atomic mass is 9.95. The Morgan fingerprint density at radius 3 is 2.89 bits per heavy atom. The Morgan fingerprint density at radius 1 is 1.53 bits per heavy atom. The highest BCUT2D eigenvalue weighted by atomic mass is 32.1. The Kier molecular flexibility index (Phi) is 3.40. The third-order valence-corrected chi connectivity index (χ3v) is 3.60.